The number of aromatic hydroxyl groups is 1. The van der Waals surface area contributed by atoms with E-state index in [0.29, 0.717) is 12.8 Å². The summed E-state index contributed by atoms with van der Waals surface area (Å²) in [6, 6.07) is 4.87. The average Bonchev–Trinajstić information content (AvgIpc) is 2.72. The smallest absolute Gasteiger partial charge is 0.303 e. The van der Waals surface area contributed by atoms with Crippen LogP contribution in [0.15, 0.2) is 18.2 Å². The van der Waals surface area contributed by atoms with Gasteiger partial charge in [-0.2, -0.15) is 4.72 Å². The van der Waals surface area contributed by atoms with Crippen molar-refractivity contribution in [2.75, 3.05) is 10.8 Å². The van der Waals surface area contributed by atoms with Crippen LogP contribution >= 0.6 is 11.0 Å². The number of β-amino-alcohol motifs (C(OH)–C–C–N with tert-alkyl or cyclic N) is 1. The number of carboxylic acids is 1. The van der Waals surface area contributed by atoms with Crippen LogP contribution in [0.5, 0.6) is 5.75 Å². The predicted molar refractivity (Wildman–Crippen MR) is 87.3 cm³/mol. The average molecular weight is 346 g/mol. The van der Waals surface area contributed by atoms with Gasteiger partial charge in [-0.25, -0.2) is 0 Å². The maximum atomic E-state index is 10.4. The van der Waals surface area contributed by atoms with E-state index >= 15 is 0 Å². The summed E-state index contributed by atoms with van der Waals surface area (Å²) in [5.74, 6) is -0.905. The summed E-state index contributed by atoms with van der Waals surface area (Å²) in [7, 11) is -3.36. The number of nitrogens with one attached hydrogen (secondary N) is 1. The number of rotatable bonds is 7. The van der Waals surface area contributed by atoms with E-state index in [4.69, 9.17) is 5.11 Å². The van der Waals surface area contributed by atoms with Crippen LogP contribution in [0.4, 0.5) is 5.69 Å². The molecule has 9 heteroatoms. The number of aliphatic hydroxyl groups excluding tert-OH is 1. The van der Waals surface area contributed by atoms with E-state index in [2.05, 4.69) is 4.72 Å². The molecule has 1 fully saturated rings. The van der Waals surface area contributed by atoms with Gasteiger partial charge >= 0.3 is 5.97 Å². The van der Waals surface area contributed by atoms with E-state index in [1.54, 1.807) is 12.1 Å². The van der Waals surface area contributed by atoms with Crippen molar-refractivity contribution >= 4 is 22.6 Å². The third-order valence-electron chi connectivity index (χ3n) is 3.60. The van der Waals surface area contributed by atoms with Crippen LogP contribution in [0, 0.1) is 0 Å². The van der Waals surface area contributed by atoms with Gasteiger partial charge in [-0.1, -0.05) is 23.4 Å². The molecule has 1 unspecified atom stereocenters. The van der Waals surface area contributed by atoms with E-state index in [9.17, 15) is 24.1 Å². The number of phenolic OH excluding ortho intramolecular Hbond substituents is 1. The Kier molecular flexibility index (Phi) is 5.71. The highest BCUT2D eigenvalue weighted by atomic mass is 32.3. The lowest BCUT2D eigenvalue weighted by atomic mass is 10.1. The zero-order valence-corrected chi connectivity index (χ0v) is 13.4. The summed E-state index contributed by atoms with van der Waals surface area (Å²) >= 11 is 0. The molecule has 0 spiro atoms. The summed E-state index contributed by atoms with van der Waals surface area (Å²) in [4.78, 5) is 10.4. The number of aliphatic carboxylic acids is 1. The molecule has 1 aliphatic rings. The third kappa shape index (κ3) is 4.72. The van der Waals surface area contributed by atoms with Crippen molar-refractivity contribution in [3.63, 3.8) is 0 Å². The van der Waals surface area contributed by atoms with E-state index in [-0.39, 0.29) is 24.4 Å². The Morgan fingerprint density at radius 2 is 2.04 bits per heavy atom. The minimum atomic E-state index is -3.36. The number of unbranched alkanes of at least 4 members (excludes halogenated alkanes) is 2. The Morgan fingerprint density at radius 3 is 2.65 bits per heavy atom. The van der Waals surface area contributed by atoms with E-state index in [1.807, 2.05) is 0 Å². The number of hydrogen-bond acceptors (Lipinski definition) is 7. The van der Waals surface area contributed by atoms with Crippen molar-refractivity contribution in [2.45, 2.75) is 38.3 Å². The highest BCUT2D eigenvalue weighted by Crippen LogP contribution is 2.49. The second kappa shape index (κ2) is 7.37. The fraction of sp³-hybridized carbons (Fsp3) is 0.500. The molecule has 0 bridgehead atoms. The van der Waals surface area contributed by atoms with Crippen LogP contribution in [0.1, 0.15) is 31.2 Å². The topological polar surface area (TPSA) is 133 Å². The van der Waals surface area contributed by atoms with Gasteiger partial charge in [0, 0.05) is 6.42 Å². The zero-order chi connectivity index (χ0) is 17.0. The van der Waals surface area contributed by atoms with Crippen molar-refractivity contribution in [3.8, 4) is 5.75 Å². The molecule has 130 valence electrons. The molecule has 0 amide bonds. The molecule has 1 aliphatic heterocycles. The second-order valence-electron chi connectivity index (χ2n) is 5.49. The number of nitrogens with zero attached hydrogens (tertiary/aromatic N) is 1. The Hall–Kier alpha value is -1.52. The Bertz CT molecular complexity index is 568. The van der Waals surface area contributed by atoms with Crippen LogP contribution in [0.2, 0.25) is 0 Å². The number of aryl methyl sites for hydroxylation is 1. The number of anilines is 1. The number of phenols is 1. The first kappa shape index (κ1) is 17.8. The van der Waals surface area contributed by atoms with E-state index in [0.717, 1.165) is 22.7 Å². The molecular weight excluding hydrogens is 324 g/mol. The Labute approximate surface area is 136 Å². The molecule has 6 N–H and O–H groups in total. The van der Waals surface area contributed by atoms with Crippen LogP contribution in [-0.2, 0) is 11.2 Å². The first-order valence-electron chi connectivity index (χ1n) is 7.34. The van der Waals surface area contributed by atoms with Crippen molar-refractivity contribution in [2.24, 2.45) is 0 Å². The van der Waals surface area contributed by atoms with Gasteiger partial charge in [-0.15, -0.1) is 0 Å². The number of aliphatic hydroxyl groups is 1. The Balaban J connectivity index is 2.00. The number of carboxylic acid groups (broad SMARTS) is 1. The van der Waals surface area contributed by atoms with Gasteiger partial charge in [0.05, 0.1) is 6.54 Å². The van der Waals surface area contributed by atoms with Crippen molar-refractivity contribution < 1.29 is 29.2 Å². The fourth-order valence-electron chi connectivity index (χ4n) is 2.49. The van der Waals surface area contributed by atoms with Crippen LogP contribution < -0.4 is 9.03 Å². The lowest BCUT2D eigenvalue weighted by Crippen LogP contribution is -2.25. The van der Waals surface area contributed by atoms with Crippen LogP contribution in [0.3, 0.4) is 0 Å². The van der Waals surface area contributed by atoms with Gasteiger partial charge in [-0.05, 0) is 37.0 Å². The molecule has 0 radical (unpaired) electrons. The molecule has 23 heavy (non-hydrogen) atoms. The van der Waals surface area contributed by atoms with E-state index in [1.165, 1.54) is 6.07 Å². The number of carbonyl (C=O) groups is 1. The summed E-state index contributed by atoms with van der Waals surface area (Å²) in [5, 5.41) is 28.1. The van der Waals surface area contributed by atoms with Gasteiger partial charge in [0.25, 0.3) is 0 Å². The molecule has 0 aliphatic carbocycles. The van der Waals surface area contributed by atoms with E-state index < -0.39 is 23.2 Å². The minimum Gasteiger partial charge on any atom is -0.506 e. The van der Waals surface area contributed by atoms with Crippen molar-refractivity contribution in [1.29, 1.82) is 0 Å². The lowest BCUT2D eigenvalue weighted by Gasteiger charge is -2.37. The molecule has 0 aromatic heterocycles. The molecule has 1 heterocycles. The molecule has 2 rings (SSSR count). The van der Waals surface area contributed by atoms with Gasteiger partial charge in [0.2, 0.25) is 0 Å². The normalized spacial score (nSPS) is 21.3. The highest BCUT2D eigenvalue weighted by molar-refractivity contribution is 8.24. The predicted octanol–water partition coefficient (Wildman–Crippen LogP) is 1.89. The van der Waals surface area contributed by atoms with Crippen LogP contribution in [0.25, 0.3) is 0 Å². The van der Waals surface area contributed by atoms with Gasteiger partial charge in [-0.3, -0.25) is 18.2 Å². The zero-order valence-electron chi connectivity index (χ0n) is 12.6. The highest BCUT2D eigenvalue weighted by Gasteiger charge is 2.36. The van der Waals surface area contributed by atoms with Gasteiger partial charge < -0.3 is 15.3 Å². The summed E-state index contributed by atoms with van der Waals surface area (Å²) in [6.07, 6.45) is 1.95. The first-order valence-corrected chi connectivity index (χ1v) is 8.85. The maximum Gasteiger partial charge on any atom is 0.303 e. The molecular formula is C14H22N2O6S. The van der Waals surface area contributed by atoms with Crippen LogP contribution in [-0.4, -0.2) is 43.2 Å². The fourth-order valence-corrected chi connectivity index (χ4v) is 3.82. The monoisotopic (exact) mass is 346 g/mol. The molecule has 1 saturated heterocycles. The Morgan fingerprint density at radius 1 is 1.30 bits per heavy atom. The summed E-state index contributed by atoms with van der Waals surface area (Å²) in [5.41, 5.74) is 1.14. The van der Waals surface area contributed by atoms with Gasteiger partial charge in [0.15, 0.2) is 0 Å². The quantitative estimate of drug-likeness (QED) is 0.412. The summed E-state index contributed by atoms with van der Waals surface area (Å²) < 4.78 is 23.3. The second-order valence-corrected chi connectivity index (χ2v) is 7.21. The SMILES string of the molecule is O=C(O)CCCCCc1ccc(O)c(N2CC(O)NS2(O)O)c1. The standard InChI is InChI=1S/C14H22N2O6S/c17-12-7-6-10(4-2-1-3-5-14(19)20)8-11(12)16-9-13(18)15-23(16,21)22/h6-8,13,15,17-18,21-22H,1-5,9H2,(H,19,20). The van der Waals surface area contributed by atoms with Crippen molar-refractivity contribution in [1.82, 2.24) is 4.72 Å². The first-order chi connectivity index (χ1) is 10.8. The molecule has 8 nitrogen and oxygen atoms in total. The molecule has 1 atom stereocenters. The third-order valence-corrected chi connectivity index (χ3v) is 5.15. The minimum absolute atomic E-state index is 0.0437. The molecule has 0 saturated carbocycles. The summed E-state index contributed by atoms with van der Waals surface area (Å²) in [6.45, 7) is -0.0437. The van der Waals surface area contributed by atoms with Gasteiger partial charge in [0.1, 0.15) is 17.7 Å². The maximum absolute atomic E-state index is 10.4. The largest absolute Gasteiger partial charge is 0.506 e. The molecule has 1 aromatic rings. The number of hydrogen-bond donors (Lipinski definition) is 6. The molecule has 1 aromatic carbocycles. The van der Waals surface area contributed by atoms with Crippen molar-refractivity contribution in [3.05, 3.63) is 23.8 Å². The number of benzene rings is 1. The lowest BCUT2D eigenvalue weighted by molar-refractivity contribution is -0.137.